The summed E-state index contributed by atoms with van der Waals surface area (Å²) in [4.78, 5) is 15.0. The molecule has 1 aliphatic carbocycles. The Labute approximate surface area is 129 Å². The van der Waals surface area contributed by atoms with Crippen molar-refractivity contribution in [3.63, 3.8) is 0 Å². The molecule has 22 heavy (non-hydrogen) atoms. The topological polar surface area (TPSA) is 51.3 Å². The molecule has 0 N–H and O–H groups in total. The van der Waals surface area contributed by atoms with Gasteiger partial charge in [0.15, 0.2) is 5.69 Å². The average molecular weight is 299 g/mol. The summed E-state index contributed by atoms with van der Waals surface area (Å²) >= 11 is 0. The summed E-state index contributed by atoms with van der Waals surface area (Å²) in [6, 6.07) is 3.91. The Morgan fingerprint density at radius 2 is 2.18 bits per heavy atom. The normalized spacial score (nSPS) is 21.1. The highest BCUT2D eigenvalue weighted by Crippen LogP contribution is 2.34. The Bertz CT molecular complexity index is 687. The van der Waals surface area contributed by atoms with Crippen LogP contribution in [0.2, 0.25) is 0 Å². The monoisotopic (exact) mass is 299 g/mol. The first-order chi connectivity index (χ1) is 10.8. The molecule has 5 heteroatoms. The average Bonchev–Trinajstić information content (AvgIpc) is 3.26. The molecule has 116 valence electrons. The van der Waals surface area contributed by atoms with Gasteiger partial charge in [-0.25, -0.2) is 0 Å². The molecule has 0 spiro atoms. The van der Waals surface area contributed by atoms with Crippen LogP contribution in [0, 0.1) is 0 Å². The van der Waals surface area contributed by atoms with E-state index in [0.717, 1.165) is 44.4 Å². The van der Waals surface area contributed by atoms with Crippen LogP contribution in [0.3, 0.4) is 0 Å². The van der Waals surface area contributed by atoms with Gasteiger partial charge in [0.25, 0.3) is 5.91 Å². The summed E-state index contributed by atoms with van der Waals surface area (Å²) in [5, 5.41) is 4.55. The van der Waals surface area contributed by atoms with Crippen LogP contribution in [0.4, 0.5) is 0 Å². The van der Waals surface area contributed by atoms with Gasteiger partial charge in [-0.05, 0) is 50.7 Å². The summed E-state index contributed by atoms with van der Waals surface area (Å²) in [5.74, 6) is 0.952. The maximum atomic E-state index is 13.0. The fourth-order valence-electron chi connectivity index (χ4n) is 3.87. The largest absolute Gasteiger partial charge is 0.467 e. The van der Waals surface area contributed by atoms with Crippen LogP contribution in [0.15, 0.2) is 22.8 Å². The molecular weight excluding hydrogens is 278 g/mol. The molecule has 0 aromatic carbocycles. The third-order valence-electron chi connectivity index (χ3n) is 4.95. The predicted molar refractivity (Wildman–Crippen MR) is 81.6 cm³/mol. The van der Waals surface area contributed by atoms with Crippen LogP contribution in [-0.4, -0.2) is 27.1 Å². The van der Waals surface area contributed by atoms with Gasteiger partial charge in [0.1, 0.15) is 5.76 Å². The molecule has 0 bridgehead atoms. The molecule has 1 fully saturated rings. The van der Waals surface area contributed by atoms with Crippen molar-refractivity contribution in [1.82, 2.24) is 14.7 Å². The van der Waals surface area contributed by atoms with E-state index in [2.05, 4.69) is 5.10 Å². The van der Waals surface area contributed by atoms with Crippen LogP contribution in [0.5, 0.6) is 0 Å². The molecule has 0 saturated carbocycles. The molecule has 1 amide bonds. The molecule has 0 unspecified atom stereocenters. The first-order valence-corrected chi connectivity index (χ1v) is 8.15. The number of hydrogen-bond acceptors (Lipinski definition) is 3. The second-order valence-corrected chi connectivity index (χ2v) is 6.28. The van der Waals surface area contributed by atoms with E-state index in [1.165, 1.54) is 17.7 Å². The lowest BCUT2D eigenvalue weighted by atomic mass is 9.95. The van der Waals surface area contributed by atoms with Gasteiger partial charge >= 0.3 is 0 Å². The number of nitrogens with zero attached hydrogens (tertiary/aromatic N) is 3. The zero-order chi connectivity index (χ0) is 15.1. The maximum Gasteiger partial charge on any atom is 0.275 e. The van der Waals surface area contributed by atoms with Crippen LogP contribution >= 0.6 is 0 Å². The van der Waals surface area contributed by atoms with Gasteiger partial charge < -0.3 is 9.32 Å². The fourth-order valence-corrected chi connectivity index (χ4v) is 3.87. The van der Waals surface area contributed by atoms with E-state index in [1.54, 1.807) is 6.26 Å². The highest BCUT2D eigenvalue weighted by Gasteiger charge is 2.35. The number of aromatic nitrogens is 2. The highest BCUT2D eigenvalue weighted by atomic mass is 16.3. The minimum atomic E-state index is 0.0590. The molecule has 1 atom stereocenters. The van der Waals surface area contributed by atoms with Crippen molar-refractivity contribution in [3.8, 4) is 0 Å². The van der Waals surface area contributed by atoms with Gasteiger partial charge in [-0.2, -0.15) is 5.10 Å². The first-order valence-electron chi connectivity index (χ1n) is 8.15. The number of amides is 1. The first kappa shape index (κ1) is 13.6. The number of rotatable bonds is 2. The van der Waals surface area contributed by atoms with E-state index >= 15 is 0 Å². The van der Waals surface area contributed by atoms with Crippen molar-refractivity contribution < 1.29 is 9.21 Å². The van der Waals surface area contributed by atoms with Crippen LogP contribution < -0.4 is 0 Å². The summed E-state index contributed by atoms with van der Waals surface area (Å²) in [6.07, 6.45) is 8.02. The number of fused-ring (bicyclic) bond motifs is 1. The van der Waals surface area contributed by atoms with E-state index in [4.69, 9.17) is 4.42 Å². The van der Waals surface area contributed by atoms with E-state index < -0.39 is 0 Å². The molecule has 2 aliphatic rings. The predicted octanol–water partition coefficient (Wildman–Crippen LogP) is 2.87. The molecular formula is C17H21N3O2. The maximum absolute atomic E-state index is 13.0. The van der Waals surface area contributed by atoms with Crippen LogP contribution in [0.25, 0.3) is 0 Å². The Morgan fingerprint density at radius 1 is 1.32 bits per heavy atom. The Kier molecular flexibility index (Phi) is 3.28. The van der Waals surface area contributed by atoms with Crippen molar-refractivity contribution in [2.75, 3.05) is 6.54 Å². The zero-order valence-corrected chi connectivity index (χ0v) is 12.9. The number of hydrogen-bond donors (Lipinski definition) is 0. The number of likely N-dealkylation sites (tertiary alicyclic amines) is 1. The summed E-state index contributed by atoms with van der Waals surface area (Å²) in [5.41, 5.74) is 3.07. The summed E-state index contributed by atoms with van der Waals surface area (Å²) in [7, 11) is 1.95. The lowest BCUT2D eigenvalue weighted by Gasteiger charge is -2.23. The molecule has 1 aliphatic heterocycles. The van der Waals surface area contributed by atoms with Crippen molar-refractivity contribution in [3.05, 3.63) is 41.1 Å². The number of aryl methyl sites for hydroxylation is 1. The molecule has 0 radical (unpaired) electrons. The van der Waals surface area contributed by atoms with Crippen molar-refractivity contribution in [2.24, 2.45) is 7.05 Å². The van der Waals surface area contributed by atoms with Crippen molar-refractivity contribution >= 4 is 5.91 Å². The number of carbonyl (C=O) groups excluding carboxylic acids is 1. The highest BCUT2D eigenvalue weighted by molar-refractivity contribution is 5.94. The second kappa shape index (κ2) is 5.30. The molecule has 2 aromatic heterocycles. The minimum absolute atomic E-state index is 0.0590. The lowest BCUT2D eigenvalue weighted by Crippen LogP contribution is -2.31. The van der Waals surface area contributed by atoms with Gasteiger partial charge in [-0.15, -0.1) is 0 Å². The number of carbonyl (C=O) groups is 1. The third kappa shape index (κ3) is 2.07. The van der Waals surface area contributed by atoms with Gasteiger partial charge in [-0.3, -0.25) is 9.48 Å². The van der Waals surface area contributed by atoms with E-state index in [-0.39, 0.29) is 11.9 Å². The Balaban J connectivity index is 1.67. The fraction of sp³-hybridized carbons (Fsp3) is 0.529. The SMILES string of the molecule is Cn1nc(C(=O)N2CCC[C@H]2c2ccco2)c2c1CCCC2. The van der Waals surface area contributed by atoms with Gasteiger partial charge in [0.2, 0.25) is 0 Å². The molecule has 4 rings (SSSR count). The van der Waals surface area contributed by atoms with Gasteiger partial charge in [0.05, 0.1) is 12.3 Å². The minimum Gasteiger partial charge on any atom is -0.467 e. The van der Waals surface area contributed by atoms with E-state index in [1.807, 2.05) is 28.8 Å². The Morgan fingerprint density at radius 3 is 3.00 bits per heavy atom. The molecule has 5 nitrogen and oxygen atoms in total. The van der Waals surface area contributed by atoms with Crippen LogP contribution in [0.1, 0.15) is 59.2 Å². The van der Waals surface area contributed by atoms with Crippen molar-refractivity contribution in [1.29, 1.82) is 0 Å². The zero-order valence-electron chi connectivity index (χ0n) is 12.9. The quantitative estimate of drug-likeness (QED) is 0.857. The smallest absolute Gasteiger partial charge is 0.275 e. The summed E-state index contributed by atoms with van der Waals surface area (Å²) in [6.45, 7) is 0.787. The lowest BCUT2D eigenvalue weighted by molar-refractivity contribution is 0.0712. The van der Waals surface area contributed by atoms with Crippen LogP contribution in [-0.2, 0) is 19.9 Å². The third-order valence-corrected chi connectivity index (χ3v) is 4.95. The van der Waals surface area contributed by atoms with Gasteiger partial charge in [0, 0.05) is 24.8 Å². The standard InChI is InChI=1S/C17H21N3O2/c1-19-13-7-3-2-6-12(13)16(18-19)17(21)20-10-4-8-14(20)15-9-5-11-22-15/h5,9,11,14H,2-4,6-8,10H2,1H3/t14-/m0/s1. The van der Waals surface area contributed by atoms with Crippen molar-refractivity contribution in [2.45, 2.75) is 44.6 Å². The molecule has 2 aromatic rings. The second-order valence-electron chi connectivity index (χ2n) is 6.28. The molecule has 1 saturated heterocycles. The number of furan rings is 1. The molecule has 3 heterocycles. The Hall–Kier alpha value is -2.04. The summed E-state index contributed by atoms with van der Waals surface area (Å²) < 4.78 is 7.43. The van der Waals surface area contributed by atoms with E-state index in [0.29, 0.717) is 5.69 Å². The van der Waals surface area contributed by atoms with Gasteiger partial charge in [-0.1, -0.05) is 0 Å². The van der Waals surface area contributed by atoms with E-state index in [9.17, 15) is 4.79 Å².